The topological polar surface area (TPSA) is 16.4 Å². The minimum absolute atomic E-state index is 0.895. The molecule has 0 bridgehead atoms. The van der Waals surface area contributed by atoms with E-state index < -0.39 is 0 Å². The van der Waals surface area contributed by atoms with Crippen molar-refractivity contribution < 1.29 is 4.42 Å². The minimum Gasteiger partial charge on any atom is -0.455 e. The van der Waals surface area contributed by atoms with Gasteiger partial charge in [0, 0.05) is 53.4 Å². The lowest BCUT2D eigenvalue weighted by Gasteiger charge is -2.26. The number of hydrogen-bond acceptors (Lipinski definition) is 3. The molecule has 2 heterocycles. The summed E-state index contributed by atoms with van der Waals surface area (Å²) in [4.78, 5) is 2.36. The molecule has 67 heavy (non-hydrogen) atoms. The molecule has 0 saturated heterocycles. The second kappa shape index (κ2) is 16.2. The molecular formula is C64H41NOS. The van der Waals surface area contributed by atoms with E-state index in [9.17, 15) is 0 Å². The smallest absolute Gasteiger partial charge is 0.143 e. The van der Waals surface area contributed by atoms with Crippen LogP contribution in [0.15, 0.2) is 253 Å². The normalized spacial score (nSPS) is 11.6. The third-order valence-corrected chi connectivity index (χ3v) is 14.5. The highest BCUT2D eigenvalue weighted by atomic mass is 32.1. The summed E-state index contributed by atoms with van der Waals surface area (Å²) in [5.74, 6) is 0. The number of benzene rings is 11. The van der Waals surface area contributed by atoms with Crippen LogP contribution >= 0.6 is 11.3 Å². The Kier molecular flexibility index (Phi) is 9.40. The third kappa shape index (κ3) is 6.88. The molecule has 2 nitrogen and oxygen atoms in total. The van der Waals surface area contributed by atoms with Gasteiger partial charge in [0.05, 0.1) is 0 Å². The molecule has 0 saturated carbocycles. The van der Waals surface area contributed by atoms with E-state index in [1.165, 1.54) is 64.5 Å². The molecule has 0 amide bonds. The predicted octanol–water partition coefficient (Wildman–Crippen LogP) is 18.9. The van der Waals surface area contributed by atoms with Crippen molar-refractivity contribution in [2.24, 2.45) is 0 Å². The number of thiophene rings is 1. The molecule has 314 valence electrons. The van der Waals surface area contributed by atoms with Crippen LogP contribution in [-0.2, 0) is 0 Å². The van der Waals surface area contributed by atoms with Crippen LogP contribution in [0.1, 0.15) is 0 Å². The second-order valence-electron chi connectivity index (χ2n) is 17.2. The molecule has 13 aromatic rings. The molecule has 0 N–H and O–H groups in total. The summed E-state index contributed by atoms with van der Waals surface area (Å²) in [6, 6.07) is 90.1. The van der Waals surface area contributed by atoms with Gasteiger partial charge in [-0.05, 0) is 134 Å². The molecule has 0 unspecified atom stereocenters. The maximum Gasteiger partial charge on any atom is 0.143 e. The molecular weight excluding hydrogens is 831 g/mol. The van der Waals surface area contributed by atoms with Crippen molar-refractivity contribution in [3.05, 3.63) is 249 Å². The van der Waals surface area contributed by atoms with Crippen molar-refractivity contribution in [3.8, 4) is 55.6 Å². The van der Waals surface area contributed by atoms with Crippen LogP contribution in [0, 0.1) is 0 Å². The molecule has 0 atom stereocenters. The van der Waals surface area contributed by atoms with E-state index in [-0.39, 0.29) is 0 Å². The zero-order valence-corrected chi connectivity index (χ0v) is 37.3. The van der Waals surface area contributed by atoms with Crippen LogP contribution in [0.5, 0.6) is 0 Å². The number of fused-ring (bicyclic) bond motifs is 8. The highest BCUT2D eigenvalue weighted by Crippen LogP contribution is 2.43. The Bertz CT molecular complexity index is 3940. The van der Waals surface area contributed by atoms with E-state index in [2.05, 4.69) is 254 Å². The molecule has 0 fully saturated rings. The van der Waals surface area contributed by atoms with Crippen LogP contribution in [0.4, 0.5) is 17.1 Å². The summed E-state index contributed by atoms with van der Waals surface area (Å²) in [6.45, 7) is 0. The predicted molar refractivity (Wildman–Crippen MR) is 286 cm³/mol. The van der Waals surface area contributed by atoms with Gasteiger partial charge in [0.1, 0.15) is 11.2 Å². The van der Waals surface area contributed by atoms with Gasteiger partial charge >= 0.3 is 0 Å². The van der Waals surface area contributed by atoms with E-state index in [1.807, 2.05) is 11.3 Å². The largest absolute Gasteiger partial charge is 0.455 e. The van der Waals surface area contributed by atoms with Crippen molar-refractivity contribution in [3.63, 3.8) is 0 Å². The van der Waals surface area contributed by atoms with Crippen molar-refractivity contribution in [2.75, 3.05) is 4.90 Å². The first kappa shape index (κ1) is 38.9. The minimum atomic E-state index is 0.895. The fourth-order valence-electron chi connectivity index (χ4n) is 9.99. The SMILES string of the molecule is c1ccc(-c2ccc(-c3ccc(N(c4ccc(-c5ccc6sc7ccccc7c6c5)cc4)c4ccc(-c5cccc6oc7c8ccccc8ccc7c56)cc4)cc3)cc2-c2ccccc2)cc1. The van der Waals surface area contributed by atoms with Gasteiger partial charge in [0.2, 0.25) is 0 Å². The first-order valence-electron chi connectivity index (χ1n) is 22.8. The molecule has 0 aliphatic rings. The number of hydrogen-bond donors (Lipinski definition) is 0. The van der Waals surface area contributed by atoms with Crippen LogP contribution in [-0.4, -0.2) is 0 Å². The lowest BCUT2D eigenvalue weighted by molar-refractivity contribution is 0.673. The average molecular weight is 872 g/mol. The molecule has 11 aromatic carbocycles. The van der Waals surface area contributed by atoms with Crippen LogP contribution in [0.3, 0.4) is 0 Å². The Balaban J connectivity index is 0.895. The molecule has 0 radical (unpaired) electrons. The van der Waals surface area contributed by atoms with Crippen molar-refractivity contribution >= 4 is 81.3 Å². The van der Waals surface area contributed by atoms with Gasteiger partial charge in [0.15, 0.2) is 0 Å². The Morgan fingerprint density at radius 2 is 0.836 bits per heavy atom. The van der Waals surface area contributed by atoms with Gasteiger partial charge in [-0.15, -0.1) is 11.3 Å². The van der Waals surface area contributed by atoms with E-state index in [0.717, 1.165) is 61.1 Å². The molecule has 0 spiro atoms. The lowest BCUT2D eigenvalue weighted by Crippen LogP contribution is -2.09. The maximum atomic E-state index is 6.57. The van der Waals surface area contributed by atoms with Gasteiger partial charge in [-0.2, -0.15) is 0 Å². The van der Waals surface area contributed by atoms with E-state index >= 15 is 0 Å². The summed E-state index contributed by atoms with van der Waals surface area (Å²) in [6.07, 6.45) is 0. The fraction of sp³-hybridized carbons (Fsp3) is 0. The number of anilines is 3. The molecule has 0 aliphatic heterocycles. The molecule has 13 rings (SSSR count). The average Bonchev–Trinajstić information content (AvgIpc) is 3.99. The Labute approximate surface area is 392 Å². The summed E-state index contributed by atoms with van der Waals surface area (Å²) in [7, 11) is 0. The van der Waals surface area contributed by atoms with Crippen LogP contribution in [0.2, 0.25) is 0 Å². The van der Waals surface area contributed by atoms with Gasteiger partial charge < -0.3 is 9.32 Å². The van der Waals surface area contributed by atoms with Gasteiger partial charge in [-0.1, -0.05) is 176 Å². The second-order valence-corrected chi connectivity index (χ2v) is 18.3. The third-order valence-electron chi connectivity index (χ3n) is 13.3. The zero-order chi connectivity index (χ0) is 44.3. The number of rotatable bonds is 8. The summed E-state index contributed by atoms with van der Waals surface area (Å²) in [5, 5.41) is 7.20. The van der Waals surface area contributed by atoms with Crippen LogP contribution < -0.4 is 4.90 Å². The molecule has 3 heteroatoms. The number of nitrogens with zero attached hydrogens (tertiary/aromatic N) is 1. The molecule has 2 aromatic heterocycles. The summed E-state index contributed by atoms with van der Waals surface area (Å²) in [5.41, 5.74) is 16.9. The fourth-order valence-corrected chi connectivity index (χ4v) is 11.1. The Morgan fingerprint density at radius 3 is 1.54 bits per heavy atom. The highest BCUT2D eigenvalue weighted by molar-refractivity contribution is 7.25. The standard InChI is InChI=1S/C64H41NOS/c1-3-12-44(13-4-1)53-37-29-48(40-58(53)45-14-5-2-6-15-45)42-22-31-50(32-23-42)65(51-33-24-43(25-34-51)49-30-39-62-59(41-49)56-18-9-10-21-61(56)67-62)52-35-26-47(27-36-52)54-19-11-20-60-63(54)57-38-28-46-16-7-8-17-55(46)64(57)66-60/h1-41H. The van der Waals surface area contributed by atoms with E-state index in [0.29, 0.717) is 0 Å². The van der Waals surface area contributed by atoms with E-state index in [1.54, 1.807) is 0 Å². The van der Waals surface area contributed by atoms with Crippen molar-refractivity contribution in [1.29, 1.82) is 0 Å². The maximum absolute atomic E-state index is 6.57. The number of furan rings is 1. The van der Waals surface area contributed by atoms with Gasteiger partial charge in [0.25, 0.3) is 0 Å². The Morgan fingerprint density at radius 1 is 0.299 bits per heavy atom. The summed E-state index contributed by atoms with van der Waals surface area (Å²) < 4.78 is 9.21. The first-order valence-corrected chi connectivity index (χ1v) is 23.6. The van der Waals surface area contributed by atoms with Crippen LogP contribution in [0.25, 0.3) is 109 Å². The van der Waals surface area contributed by atoms with Crippen molar-refractivity contribution in [1.82, 2.24) is 0 Å². The quantitative estimate of drug-likeness (QED) is 0.151. The monoisotopic (exact) mass is 871 g/mol. The first-order chi connectivity index (χ1) is 33.2. The van der Waals surface area contributed by atoms with Crippen molar-refractivity contribution in [2.45, 2.75) is 0 Å². The van der Waals surface area contributed by atoms with Gasteiger partial charge in [-0.25, -0.2) is 0 Å². The lowest BCUT2D eigenvalue weighted by atomic mass is 9.91. The summed E-state index contributed by atoms with van der Waals surface area (Å²) >= 11 is 1.86. The highest BCUT2D eigenvalue weighted by Gasteiger charge is 2.18. The van der Waals surface area contributed by atoms with E-state index in [4.69, 9.17) is 4.42 Å². The molecule has 0 aliphatic carbocycles. The van der Waals surface area contributed by atoms with Gasteiger partial charge in [-0.3, -0.25) is 0 Å². The zero-order valence-electron chi connectivity index (χ0n) is 36.4. The Hall–Kier alpha value is -8.50.